The first-order valence-electron chi connectivity index (χ1n) is 10.1. The highest BCUT2D eigenvalue weighted by atomic mass is 28.3. The number of halogens is 2. The molecule has 3 aromatic carbocycles. The number of nitrogens with zero attached hydrogens (tertiary/aromatic N) is 1. The fraction of sp³-hybridized carbons (Fsp3) is 0.192. The highest BCUT2D eigenvalue weighted by molar-refractivity contribution is 6.88. The zero-order chi connectivity index (χ0) is 21.6. The average Bonchev–Trinajstić information content (AvgIpc) is 2.65. The smallest absolute Gasteiger partial charge is 0.133 e. The van der Waals surface area contributed by atoms with E-state index in [0.717, 1.165) is 27.6 Å². The summed E-state index contributed by atoms with van der Waals surface area (Å²) in [6, 6.07) is 18.2. The molecule has 0 aliphatic heterocycles. The van der Waals surface area contributed by atoms with Gasteiger partial charge in [-0.2, -0.15) is 0 Å². The molecule has 0 spiro atoms. The Labute approximate surface area is 177 Å². The van der Waals surface area contributed by atoms with Crippen LogP contribution >= 0.6 is 0 Å². The minimum absolute atomic E-state index is 0.00301. The van der Waals surface area contributed by atoms with Gasteiger partial charge in [0.2, 0.25) is 0 Å². The van der Waals surface area contributed by atoms with Gasteiger partial charge in [-0.3, -0.25) is 0 Å². The number of pyridine rings is 1. The molecule has 1 heterocycles. The van der Waals surface area contributed by atoms with Crippen LogP contribution in [0.1, 0.15) is 11.1 Å². The predicted molar refractivity (Wildman–Crippen MR) is 125 cm³/mol. The molecule has 0 radical (unpaired) electrons. The summed E-state index contributed by atoms with van der Waals surface area (Å²) >= 11 is 0. The molecule has 0 N–H and O–H groups in total. The second-order valence-corrected chi connectivity index (χ2v) is 14.1. The van der Waals surface area contributed by atoms with Crippen molar-refractivity contribution in [3.05, 3.63) is 83.4 Å². The van der Waals surface area contributed by atoms with E-state index in [9.17, 15) is 8.78 Å². The van der Waals surface area contributed by atoms with E-state index >= 15 is 0 Å². The zero-order valence-corrected chi connectivity index (χ0v) is 19.0. The highest BCUT2D eigenvalue weighted by Crippen LogP contribution is 2.35. The Bertz CT molecular complexity index is 1230. The molecule has 0 saturated carbocycles. The van der Waals surface area contributed by atoms with Gasteiger partial charge < -0.3 is 0 Å². The van der Waals surface area contributed by atoms with Gasteiger partial charge in [0.1, 0.15) is 11.6 Å². The van der Waals surface area contributed by atoms with Crippen LogP contribution in [0.5, 0.6) is 0 Å². The van der Waals surface area contributed by atoms with E-state index in [4.69, 9.17) is 4.98 Å². The van der Waals surface area contributed by atoms with Crippen LogP contribution in [0.15, 0.2) is 60.7 Å². The van der Waals surface area contributed by atoms with Crippen molar-refractivity contribution in [2.75, 3.05) is 0 Å². The summed E-state index contributed by atoms with van der Waals surface area (Å²) in [6.07, 6.45) is 0. The predicted octanol–water partition coefficient (Wildman–Crippen LogP) is 7.01. The molecule has 4 rings (SSSR count). The van der Waals surface area contributed by atoms with Crippen LogP contribution in [0.4, 0.5) is 8.78 Å². The lowest BCUT2D eigenvalue weighted by molar-refractivity contribution is 0.590. The maximum absolute atomic E-state index is 14.8. The van der Waals surface area contributed by atoms with Gasteiger partial charge in [-0.1, -0.05) is 60.2 Å². The fourth-order valence-corrected chi connectivity index (χ4v) is 5.09. The monoisotopic (exact) mass is 417 g/mol. The number of hydrogen-bond donors (Lipinski definition) is 0. The molecule has 4 aromatic rings. The Morgan fingerprint density at radius 3 is 2.00 bits per heavy atom. The summed E-state index contributed by atoms with van der Waals surface area (Å²) in [6.45, 7) is 10.9. The molecule has 0 atom stereocenters. The van der Waals surface area contributed by atoms with Crippen molar-refractivity contribution < 1.29 is 8.78 Å². The standard InChI is InChI=1S/C26H25F2NSi/c1-16-11-17(2)13-18(12-16)25-15-21(26-22(27)7-6-8-23(26)28)20-14-19(30(3,4)5)9-10-24(20)29-25/h6-15H,1-5H3. The van der Waals surface area contributed by atoms with Crippen LogP contribution < -0.4 is 5.19 Å². The molecule has 30 heavy (non-hydrogen) atoms. The molecular formula is C26H25F2NSi. The Morgan fingerprint density at radius 2 is 1.40 bits per heavy atom. The molecular weight excluding hydrogens is 392 g/mol. The van der Waals surface area contributed by atoms with Crippen LogP contribution in [0.25, 0.3) is 33.3 Å². The van der Waals surface area contributed by atoms with E-state index in [-0.39, 0.29) is 5.56 Å². The van der Waals surface area contributed by atoms with E-state index in [1.165, 1.54) is 23.4 Å². The third-order valence-electron chi connectivity index (χ3n) is 5.42. The number of aromatic nitrogens is 1. The zero-order valence-electron chi connectivity index (χ0n) is 18.0. The SMILES string of the molecule is Cc1cc(C)cc(-c2cc(-c3c(F)cccc3F)c3cc([Si](C)(C)C)ccc3n2)c1. The average molecular weight is 418 g/mol. The van der Waals surface area contributed by atoms with E-state index in [1.54, 1.807) is 0 Å². The Balaban J connectivity index is 2.09. The number of fused-ring (bicyclic) bond motifs is 1. The number of hydrogen-bond acceptors (Lipinski definition) is 1. The fourth-order valence-electron chi connectivity index (χ4n) is 3.92. The molecule has 0 fully saturated rings. The maximum Gasteiger partial charge on any atom is 0.133 e. The Hall–Kier alpha value is -2.85. The van der Waals surface area contributed by atoms with Crippen LogP contribution in [0.3, 0.4) is 0 Å². The van der Waals surface area contributed by atoms with Crippen LogP contribution in [-0.4, -0.2) is 13.1 Å². The van der Waals surface area contributed by atoms with E-state index < -0.39 is 19.7 Å². The molecule has 1 nitrogen and oxygen atoms in total. The third kappa shape index (κ3) is 3.80. The molecule has 0 aliphatic carbocycles. The Morgan fingerprint density at radius 1 is 0.767 bits per heavy atom. The van der Waals surface area contributed by atoms with Crippen LogP contribution in [-0.2, 0) is 0 Å². The van der Waals surface area contributed by atoms with Gasteiger partial charge in [0.05, 0.1) is 24.8 Å². The Kier molecular flexibility index (Phi) is 5.06. The second-order valence-electron chi connectivity index (χ2n) is 9.01. The van der Waals surface area contributed by atoms with E-state index in [1.807, 2.05) is 26.0 Å². The second kappa shape index (κ2) is 7.44. The molecule has 152 valence electrons. The van der Waals surface area contributed by atoms with Gasteiger partial charge in [0.25, 0.3) is 0 Å². The summed E-state index contributed by atoms with van der Waals surface area (Å²) in [7, 11) is -1.61. The normalized spacial score (nSPS) is 11.8. The number of rotatable bonds is 3. The number of benzene rings is 3. The summed E-state index contributed by atoms with van der Waals surface area (Å²) in [5, 5.41) is 2.01. The van der Waals surface area contributed by atoms with Gasteiger partial charge in [0.15, 0.2) is 0 Å². The van der Waals surface area contributed by atoms with E-state index in [2.05, 4.69) is 50.0 Å². The van der Waals surface area contributed by atoms with Gasteiger partial charge >= 0.3 is 0 Å². The molecule has 0 unspecified atom stereocenters. The molecule has 0 saturated heterocycles. The quantitative estimate of drug-likeness (QED) is 0.327. The van der Waals surface area contributed by atoms with Crippen molar-refractivity contribution in [3.8, 4) is 22.4 Å². The summed E-state index contributed by atoms with van der Waals surface area (Å²) in [5.41, 5.74) is 5.20. The minimum Gasteiger partial charge on any atom is -0.248 e. The summed E-state index contributed by atoms with van der Waals surface area (Å²) < 4.78 is 29.6. The van der Waals surface area contributed by atoms with Gasteiger partial charge in [0, 0.05) is 10.9 Å². The van der Waals surface area contributed by atoms with Crippen LogP contribution in [0.2, 0.25) is 19.6 Å². The molecule has 0 aliphatic rings. The molecule has 0 bridgehead atoms. The largest absolute Gasteiger partial charge is 0.248 e. The summed E-state index contributed by atoms with van der Waals surface area (Å²) in [4.78, 5) is 4.87. The first-order valence-corrected chi connectivity index (χ1v) is 13.6. The lowest BCUT2D eigenvalue weighted by Crippen LogP contribution is -2.37. The highest BCUT2D eigenvalue weighted by Gasteiger charge is 2.21. The molecule has 1 aromatic heterocycles. The lowest BCUT2D eigenvalue weighted by Gasteiger charge is -2.19. The van der Waals surface area contributed by atoms with Crippen molar-refractivity contribution >= 4 is 24.2 Å². The van der Waals surface area contributed by atoms with Crippen LogP contribution in [0, 0.1) is 25.5 Å². The molecule has 4 heteroatoms. The van der Waals surface area contributed by atoms with Crippen molar-refractivity contribution in [2.24, 2.45) is 0 Å². The number of aryl methyl sites for hydroxylation is 2. The van der Waals surface area contributed by atoms with Crippen molar-refractivity contribution in [3.63, 3.8) is 0 Å². The minimum atomic E-state index is -1.61. The van der Waals surface area contributed by atoms with Crippen molar-refractivity contribution in [1.29, 1.82) is 0 Å². The van der Waals surface area contributed by atoms with Crippen molar-refractivity contribution in [2.45, 2.75) is 33.5 Å². The first-order chi connectivity index (χ1) is 14.1. The van der Waals surface area contributed by atoms with Gasteiger partial charge in [-0.05, 0) is 55.8 Å². The van der Waals surface area contributed by atoms with Gasteiger partial charge in [-0.25, -0.2) is 13.8 Å². The lowest BCUT2D eigenvalue weighted by atomic mass is 9.96. The molecule has 0 amide bonds. The topological polar surface area (TPSA) is 12.9 Å². The van der Waals surface area contributed by atoms with Crippen molar-refractivity contribution in [1.82, 2.24) is 4.98 Å². The van der Waals surface area contributed by atoms with Gasteiger partial charge in [-0.15, -0.1) is 0 Å². The maximum atomic E-state index is 14.8. The third-order valence-corrected chi connectivity index (χ3v) is 7.47. The first kappa shape index (κ1) is 20.4. The van der Waals surface area contributed by atoms with E-state index in [0.29, 0.717) is 11.3 Å². The summed E-state index contributed by atoms with van der Waals surface area (Å²) in [5.74, 6) is -1.13.